The molecule has 0 aliphatic heterocycles. The number of hydrogen-bond donors (Lipinski definition) is 2. The first-order valence-corrected chi connectivity index (χ1v) is 5.42. The van der Waals surface area contributed by atoms with Crippen LogP contribution in [0.4, 0.5) is 0 Å². The van der Waals surface area contributed by atoms with Gasteiger partial charge in [-0.1, -0.05) is 12.1 Å². The first-order valence-electron chi connectivity index (χ1n) is 5.42. The van der Waals surface area contributed by atoms with E-state index in [4.69, 9.17) is 10.2 Å². The Bertz CT molecular complexity index is 306. The van der Waals surface area contributed by atoms with Gasteiger partial charge in [-0.05, 0) is 30.5 Å². The Labute approximate surface area is 90.0 Å². The number of benzene rings is 1. The van der Waals surface area contributed by atoms with Crippen LogP contribution < -0.4 is 0 Å². The Morgan fingerprint density at radius 3 is 2.40 bits per heavy atom. The van der Waals surface area contributed by atoms with Crippen molar-refractivity contribution in [3.8, 4) is 5.75 Å². The van der Waals surface area contributed by atoms with Crippen LogP contribution in [0.25, 0.3) is 0 Å². The molecular formula is C12H17NO2. The molecule has 0 heterocycles. The van der Waals surface area contributed by atoms with Gasteiger partial charge >= 0.3 is 0 Å². The lowest BCUT2D eigenvalue weighted by molar-refractivity contribution is 0.183. The first kappa shape index (κ1) is 10.5. The van der Waals surface area contributed by atoms with Crippen LogP contribution in [0.1, 0.15) is 18.4 Å². The maximum atomic E-state index is 9.16. The molecule has 1 aromatic carbocycles. The fourth-order valence-electron chi connectivity index (χ4n) is 1.79. The van der Waals surface area contributed by atoms with Crippen LogP contribution in [0.3, 0.4) is 0 Å². The Hall–Kier alpha value is -1.06. The number of phenols is 1. The fraction of sp³-hybridized carbons (Fsp3) is 0.500. The predicted molar refractivity (Wildman–Crippen MR) is 58.6 cm³/mol. The molecule has 0 atom stereocenters. The van der Waals surface area contributed by atoms with Crippen LogP contribution in [0.2, 0.25) is 0 Å². The topological polar surface area (TPSA) is 43.7 Å². The normalized spacial score (nSPS) is 15.9. The van der Waals surface area contributed by atoms with E-state index in [9.17, 15) is 0 Å². The van der Waals surface area contributed by atoms with Gasteiger partial charge in [-0.2, -0.15) is 0 Å². The maximum Gasteiger partial charge on any atom is 0.115 e. The third-order valence-electron chi connectivity index (χ3n) is 2.77. The summed E-state index contributed by atoms with van der Waals surface area (Å²) in [4.78, 5) is 2.30. The van der Waals surface area contributed by atoms with Gasteiger partial charge < -0.3 is 10.2 Å². The van der Waals surface area contributed by atoms with E-state index in [-0.39, 0.29) is 6.61 Å². The van der Waals surface area contributed by atoms with Crippen molar-refractivity contribution in [2.24, 2.45) is 0 Å². The van der Waals surface area contributed by atoms with Crippen LogP contribution in [0, 0.1) is 0 Å². The van der Waals surface area contributed by atoms with E-state index in [1.54, 1.807) is 12.1 Å². The predicted octanol–water partition coefficient (Wildman–Crippen LogP) is 1.35. The van der Waals surface area contributed by atoms with Crippen molar-refractivity contribution >= 4 is 0 Å². The van der Waals surface area contributed by atoms with E-state index >= 15 is 0 Å². The van der Waals surface area contributed by atoms with Crippen molar-refractivity contribution in [2.75, 3.05) is 13.2 Å². The van der Waals surface area contributed by atoms with E-state index in [1.807, 2.05) is 12.1 Å². The van der Waals surface area contributed by atoms with Crippen molar-refractivity contribution in [2.45, 2.75) is 25.4 Å². The molecule has 1 aliphatic carbocycles. The van der Waals surface area contributed by atoms with Gasteiger partial charge in [-0.3, -0.25) is 4.90 Å². The average Bonchev–Trinajstić information content (AvgIpc) is 3.04. The lowest BCUT2D eigenvalue weighted by Gasteiger charge is -2.20. The van der Waals surface area contributed by atoms with Crippen molar-refractivity contribution in [3.63, 3.8) is 0 Å². The van der Waals surface area contributed by atoms with E-state index in [0.717, 1.165) is 13.1 Å². The minimum Gasteiger partial charge on any atom is -0.508 e. The first-order chi connectivity index (χ1) is 7.29. The zero-order chi connectivity index (χ0) is 10.7. The molecule has 1 fully saturated rings. The Balaban J connectivity index is 1.95. The van der Waals surface area contributed by atoms with Gasteiger partial charge in [0.2, 0.25) is 0 Å². The number of aromatic hydroxyl groups is 1. The number of hydrogen-bond acceptors (Lipinski definition) is 3. The summed E-state index contributed by atoms with van der Waals surface area (Å²) in [6, 6.07) is 7.94. The van der Waals surface area contributed by atoms with E-state index in [1.165, 1.54) is 18.4 Å². The van der Waals surface area contributed by atoms with E-state index < -0.39 is 0 Å². The molecule has 3 heteroatoms. The highest BCUT2D eigenvalue weighted by atomic mass is 16.3. The smallest absolute Gasteiger partial charge is 0.115 e. The number of aliphatic hydroxyl groups excluding tert-OH is 1. The van der Waals surface area contributed by atoms with Crippen molar-refractivity contribution in [1.29, 1.82) is 0 Å². The second-order valence-corrected chi connectivity index (χ2v) is 4.09. The molecule has 0 aromatic heterocycles. The summed E-state index contributed by atoms with van der Waals surface area (Å²) in [5, 5.41) is 18.1. The lowest BCUT2D eigenvalue weighted by atomic mass is 10.2. The molecule has 0 bridgehead atoms. The maximum absolute atomic E-state index is 9.16. The van der Waals surface area contributed by atoms with Crippen LogP contribution in [0.15, 0.2) is 24.3 Å². The van der Waals surface area contributed by atoms with Gasteiger partial charge in [-0.15, -0.1) is 0 Å². The summed E-state index contributed by atoms with van der Waals surface area (Å²) < 4.78 is 0. The van der Waals surface area contributed by atoms with Crippen LogP contribution in [0.5, 0.6) is 5.75 Å². The molecule has 0 saturated heterocycles. The van der Waals surface area contributed by atoms with Crippen molar-refractivity contribution in [3.05, 3.63) is 29.8 Å². The molecule has 2 rings (SSSR count). The highest BCUT2D eigenvalue weighted by Crippen LogP contribution is 2.28. The quantitative estimate of drug-likeness (QED) is 0.766. The molecular weight excluding hydrogens is 190 g/mol. The number of rotatable bonds is 5. The number of nitrogens with zero attached hydrogens (tertiary/aromatic N) is 1. The van der Waals surface area contributed by atoms with Crippen molar-refractivity contribution in [1.82, 2.24) is 4.90 Å². The van der Waals surface area contributed by atoms with E-state index in [2.05, 4.69) is 4.90 Å². The lowest BCUT2D eigenvalue weighted by Crippen LogP contribution is -2.28. The van der Waals surface area contributed by atoms with Crippen LogP contribution >= 0.6 is 0 Å². The summed E-state index contributed by atoms with van der Waals surface area (Å²) in [6.45, 7) is 1.83. The fourth-order valence-corrected chi connectivity index (χ4v) is 1.79. The molecule has 1 saturated carbocycles. The molecule has 0 amide bonds. The zero-order valence-electron chi connectivity index (χ0n) is 8.76. The van der Waals surface area contributed by atoms with Gasteiger partial charge in [0.05, 0.1) is 6.61 Å². The third-order valence-corrected chi connectivity index (χ3v) is 2.77. The van der Waals surface area contributed by atoms with Gasteiger partial charge in [0.25, 0.3) is 0 Å². The van der Waals surface area contributed by atoms with Gasteiger partial charge in [0, 0.05) is 19.1 Å². The van der Waals surface area contributed by atoms with Gasteiger partial charge in [0.15, 0.2) is 0 Å². The molecule has 82 valence electrons. The Morgan fingerprint density at radius 2 is 1.87 bits per heavy atom. The average molecular weight is 207 g/mol. The largest absolute Gasteiger partial charge is 0.508 e. The SMILES string of the molecule is OCCN(Cc1ccc(O)cc1)C1CC1. The zero-order valence-corrected chi connectivity index (χ0v) is 8.76. The molecule has 0 unspecified atom stereocenters. The molecule has 15 heavy (non-hydrogen) atoms. The molecule has 0 radical (unpaired) electrons. The summed E-state index contributed by atoms with van der Waals surface area (Å²) in [5.41, 5.74) is 1.19. The second kappa shape index (κ2) is 4.64. The molecule has 0 spiro atoms. The standard InChI is InChI=1S/C12H17NO2/c14-8-7-13(11-3-4-11)9-10-1-5-12(15)6-2-10/h1-2,5-6,11,14-15H,3-4,7-9H2. The van der Waals surface area contributed by atoms with Gasteiger partial charge in [-0.25, -0.2) is 0 Å². The summed E-state index contributed by atoms with van der Waals surface area (Å²) in [7, 11) is 0. The number of aliphatic hydroxyl groups is 1. The van der Waals surface area contributed by atoms with Crippen LogP contribution in [-0.4, -0.2) is 34.3 Å². The number of phenolic OH excluding ortho intramolecular Hbond substituents is 1. The molecule has 1 aromatic rings. The summed E-state index contributed by atoms with van der Waals surface area (Å²) in [6.07, 6.45) is 2.50. The molecule has 3 nitrogen and oxygen atoms in total. The highest BCUT2D eigenvalue weighted by molar-refractivity contribution is 5.25. The van der Waals surface area contributed by atoms with Crippen LogP contribution in [-0.2, 0) is 6.54 Å². The van der Waals surface area contributed by atoms with Crippen molar-refractivity contribution < 1.29 is 10.2 Å². The summed E-state index contributed by atoms with van der Waals surface area (Å²) >= 11 is 0. The Kier molecular flexibility index (Phi) is 3.23. The third kappa shape index (κ3) is 2.94. The minimum atomic E-state index is 0.217. The highest BCUT2D eigenvalue weighted by Gasteiger charge is 2.28. The van der Waals surface area contributed by atoms with Gasteiger partial charge in [0.1, 0.15) is 5.75 Å². The monoisotopic (exact) mass is 207 g/mol. The molecule has 2 N–H and O–H groups in total. The Morgan fingerprint density at radius 1 is 1.20 bits per heavy atom. The second-order valence-electron chi connectivity index (χ2n) is 4.09. The van der Waals surface area contributed by atoms with E-state index in [0.29, 0.717) is 11.8 Å². The summed E-state index contributed by atoms with van der Waals surface area (Å²) in [5.74, 6) is 0.305. The molecule has 1 aliphatic rings. The minimum absolute atomic E-state index is 0.217.